The molecule has 2 unspecified atom stereocenters. The minimum Gasteiger partial charge on any atom is -0.468 e. The number of halogens is 1. The zero-order chi connectivity index (χ0) is 14.5. The molecule has 2 aromatic rings. The quantitative estimate of drug-likeness (QED) is 0.879. The van der Waals surface area contributed by atoms with Gasteiger partial charge in [-0.2, -0.15) is 0 Å². The first-order valence-corrected chi connectivity index (χ1v) is 7.27. The summed E-state index contributed by atoms with van der Waals surface area (Å²) < 4.78 is 5.45. The van der Waals surface area contributed by atoms with E-state index in [1.807, 2.05) is 37.3 Å². The monoisotopic (exact) mass is 292 g/mol. The second-order valence-corrected chi connectivity index (χ2v) is 5.44. The van der Waals surface area contributed by atoms with Gasteiger partial charge in [0.1, 0.15) is 5.76 Å². The summed E-state index contributed by atoms with van der Waals surface area (Å²) in [6.45, 7) is 5.78. The highest BCUT2D eigenvalue weighted by Gasteiger charge is 2.24. The molecule has 1 aromatic carbocycles. The third-order valence-corrected chi connectivity index (χ3v) is 3.66. The Hall–Kier alpha value is -1.29. The fourth-order valence-corrected chi connectivity index (χ4v) is 2.75. The first kappa shape index (κ1) is 15.1. The van der Waals surface area contributed by atoms with Crippen LogP contribution in [0.15, 0.2) is 47.1 Å². The Morgan fingerprint density at radius 2 is 2.10 bits per heavy atom. The molecule has 2 N–H and O–H groups in total. The zero-order valence-corrected chi connectivity index (χ0v) is 12.7. The molecule has 0 fully saturated rings. The lowest BCUT2D eigenvalue weighted by Gasteiger charge is -2.33. The van der Waals surface area contributed by atoms with Gasteiger partial charge in [-0.25, -0.2) is 0 Å². The van der Waals surface area contributed by atoms with Crippen molar-refractivity contribution in [3.63, 3.8) is 0 Å². The smallest absolute Gasteiger partial charge is 0.117 e. The molecule has 0 saturated heterocycles. The molecule has 20 heavy (non-hydrogen) atoms. The Labute approximate surface area is 125 Å². The normalized spacial score (nSPS) is 14.4. The van der Waals surface area contributed by atoms with Crippen molar-refractivity contribution >= 4 is 11.6 Å². The third kappa shape index (κ3) is 3.63. The predicted molar refractivity (Wildman–Crippen MR) is 82.6 cm³/mol. The first-order chi connectivity index (χ1) is 9.61. The minimum absolute atomic E-state index is 0.00313. The van der Waals surface area contributed by atoms with E-state index in [1.54, 1.807) is 6.26 Å². The lowest BCUT2D eigenvalue weighted by atomic mass is 9.99. The summed E-state index contributed by atoms with van der Waals surface area (Å²) in [5.41, 5.74) is 7.35. The van der Waals surface area contributed by atoms with Crippen LogP contribution in [0.5, 0.6) is 0 Å². The van der Waals surface area contributed by atoms with Gasteiger partial charge in [-0.1, -0.05) is 30.7 Å². The Balaban J connectivity index is 2.26. The molecule has 3 nitrogen and oxygen atoms in total. The van der Waals surface area contributed by atoms with Crippen LogP contribution in [0.4, 0.5) is 0 Å². The molecule has 0 aliphatic carbocycles. The van der Waals surface area contributed by atoms with Crippen LogP contribution >= 0.6 is 11.6 Å². The van der Waals surface area contributed by atoms with Crippen molar-refractivity contribution in [1.82, 2.24) is 4.90 Å². The molecule has 0 aliphatic heterocycles. The second-order valence-electron chi connectivity index (χ2n) is 5.00. The van der Waals surface area contributed by atoms with Crippen molar-refractivity contribution in [3.05, 3.63) is 59.0 Å². The van der Waals surface area contributed by atoms with E-state index in [4.69, 9.17) is 21.8 Å². The van der Waals surface area contributed by atoms with Crippen molar-refractivity contribution in [3.8, 4) is 0 Å². The second kappa shape index (κ2) is 6.93. The van der Waals surface area contributed by atoms with Gasteiger partial charge in [0.05, 0.1) is 18.8 Å². The van der Waals surface area contributed by atoms with E-state index in [1.165, 1.54) is 0 Å². The molecule has 1 heterocycles. The fourth-order valence-electron chi connectivity index (χ4n) is 2.55. The topological polar surface area (TPSA) is 42.4 Å². The molecular weight excluding hydrogens is 272 g/mol. The van der Waals surface area contributed by atoms with E-state index in [0.717, 1.165) is 29.4 Å². The lowest BCUT2D eigenvalue weighted by Crippen LogP contribution is -2.39. The number of hydrogen-bond acceptors (Lipinski definition) is 3. The minimum atomic E-state index is 0.00313. The molecule has 0 saturated carbocycles. The maximum atomic E-state index is 6.21. The van der Waals surface area contributed by atoms with Crippen molar-refractivity contribution in [1.29, 1.82) is 0 Å². The van der Waals surface area contributed by atoms with Crippen LogP contribution in [0.2, 0.25) is 5.02 Å². The van der Waals surface area contributed by atoms with Crippen molar-refractivity contribution < 1.29 is 4.42 Å². The summed E-state index contributed by atoms with van der Waals surface area (Å²) in [6.07, 6.45) is 1.70. The van der Waals surface area contributed by atoms with E-state index in [2.05, 4.69) is 17.9 Å². The van der Waals surface area contributed by atoms with E-state index in [0.29, 0.717) is 0 Å². The van der Waals surface area contributed by atoms with Crippen LogP contribution in [0.1, 0.15) is 31.2 Å². The first-order valence-electron chi connectivity index (χ1n) is 6.89. The van der Waals surface area contributed by atoms with Crippen LogP contribution in [-0.4, -0.2) is 17.5 Å². The molecular formula is C16H21ClN2O. The van der Waals surface area contributed by atoms with Gasteiger partial charge in [0.15, 0.2) is 0 Å². The molecule has 2 atom stereocenters. The van der Waals surface area contributed by atoms with Crippen molar-refractivity contribution in [2.45, 2.75) is 32.5 Å². The Bertz CT molecular complexity index is 525. The number of hydrogen-bond donors (Lipinski definition) is 1. The van der Waals surface area contributed by atoms with Crippen LogP contribution in [0.3, 0.4) is 0 Å². The molecule has 0 radical (unpaired) electrons. The standard InChI is InChI=1S/C16H21ClN2O/c1-3-19(11-15-8-5-9-20-15)16(12(2)18)13-6-4-7-14(17)10-13/h4-10,12,16H,3,11,18H2,1-2H3. The van der Waals surface area contributed by atoms with Crippen LogP contribution in [0.25, 0.3) is 0 Å². The van der Waals surface area contributed by atoms with E-state index >= 15 is 0 Å². The summed E-state index contributed by atoms with van der Waals surface area (Å²) in [4.78, 5) is 2.30. The van der Waals surface area contributed by atoms with Gasteiger partial charge in [-0.05, 0) is 43.3 Å². The summed E-state index contributed by atoms with van der Waals surface area (Å²) in [5.74, 6) is 0.944. The average Bonchev–Trinajstić information content (AvgIpc) is 2.90. The SMILES string of the molecule is CCN(Cc1ccco1)C(c1cccc(Cl)c1)C(C)N. The predicted octanol–water partition coefficient (Wildman–Crippen LogP) is 3.84. The van der Waals surface area contributed by atoms with E-state index in [9.17, 15) is 0 Å². The van der Waals surface area contributed by atoms with Gasteiger partial charge < -0.3 is 10.2 Å². The zero-order valence-electron chi connectivity index (χ0n) is 11.9. The maximum absolute atomic E-state index is 6.21. The molecule has 0 aliphatic rings. The Kier molecular flexibility index (Phi) is 5.24. The van der Waals surface area contributed by atoms with Crippen LogP contribution in [-0.2, 0) is 6.54 Å². The van der Waals surface area contributed by atoms with Gasteiger partial charge in [-0.3, -0.25) is 4.90 Å². The number of nitrogens with zero attached hydrogens (tertiary/aromatic N) is 1. The van der Waals surface area contributed by atoms with Crippen LogP contribution < -0.4 is 5.73 Å². The molecule has 4 heteroatoms. The number of likely N-dealkylation sites (N-methyl/N-ethyl adjacent to an activating group) is 1. The third-order valence-electron chi connectivity index (χ3n) is 3.43. The highest BCUT2D eigenvalue weighted by atomic mass is 35.5. The van der Waals surface area contributed by atoms with Crippen molar-refractivity contribution in [2.75, 3.05) is 6.54 Å². The van der Waals surface area contributed by atoms with E-state index in [-0.39, 0.29) is 12.1 Å². The van der Waals surface area contributed by atoms with Crippen molar-refractivity contribution in [2.24, 2.45) is 5.73 Å². The van der Waals surface area contributed by atoms with Gasteiger partial charge >= 0.3 is 0 Å². The van der Waals surface area contributed by atoms with Gasteiger partial charge in [0.25, 0.3) is 0 Å². The largest absolute Gasteiger partial charge is 0.468 e. The molecule has 2 rings (SSSR count). The molecule has 1 aromatic heterocycles. The average molecular weight is 293 g/mol. The van der Waals surface area contributed by atoms with Gasteiger partial charge in [0, 0.05) is 11.1 Å². The highest BCUT2D eigenvalue weighted by Crippen LogP contribution is 2.27. The van der Waals surface area contributed by atoms with Gasteiger partial charge in [0.2, 0.25) is 0 Å². The van der Waals surface area contributed by atoms with Gasteiger partial charge in [-0.15, -0.1) is 0 Å². The Morgan fingerprint density at radius 3 is 2.65 bits per heavy atom. The summed E-state index contributed by atoms with van der Waals surface area (Å²) >= 11 is 6.11. The molecule has 108 valence electrons. The summed E-state index contributed by atoms with van der Waals surface area (Å²) in [6, 6.07) is 11.9. The summed E-state index contributed by atoms with van der Waals surface area (Å²) in [5, 5.41) is 0.738. The molecule has 0 amide bonds. The number of benzene rings is 1. The molecule has 0 bridgehead atoms. The molecule has 0 spiro atoms. The number of nitrogens with two attached hydrogens (primary N) is 1. The van der Waals surface area contributed by atoms with E-state index < -0.39 is 0 Å². The lowest BCUT2D eigenvalue weighted by molar-refractivity contribution is 0.164. The Morgan fingerprint density at radius 1 is 1.30 bits per heavy atom. The maximum Gasteiger partial charge on any atom is 0.117 e. The highest BCUT2D eigenvalue weighted by molar-refractivity contribution is 6.30. The van der Waals surface area contributed by atoms with Crippen LogP contribution in [0, 0.1) is 0 Å². The summed E-state index contributed by atoms with van der Waals surface area (Å²) in [7, 11) is 0. The fraction of sp³-hybridized carbons (Fsp3) is 0.375. The number of furan rings is 1. The number of rotatable bonds is 6.